The van der Waals surface area contributed by atoms with Crippen LogP contribution in [0.4, 0.5) is 0 Å². The van der Waals surface area contributed by atoms with E-state index in [4.69, 9.17) is 0 Å². The van der Waals surface area contributed by atoms with Crippen molar-refractivity contribution in [1.82, 2.24) is 4.98 Å². The van der Waals surface area contributed by atoms with Gasteiger partial charge in [0.25, 0.3) is 0 Å². The Balaban J connectivity index is 1.29. The Morgan fingerprint density at radius 1 is 0.349 bits per heavy atom. The molecule has 0 aliphatic heterocycles. The second-order valence-electron chi connectivity index (χ2n) is 10.8. The summed E-state index contributed by atoms with van der Waals surface area (Å²) in [6, 6.07) is 54.8. The first kappa shape index (κ1) is 25.4. The molecule has 0 bridgehead atoms. The van der Waals surface area contributed by atoms with E-state index < -0.39 is 0 Å². The highest BCUT2D eigenvalue weighted by atomic mass is 32.1. The van der Waals surface area contributed by atoms with Crippen molar-refractivity contribution in [2.24, 2.45) is 0 Å². The van der Waals surface area contributed by atoms with E-state index >= 15 is 0 Å². The maximum absolute atomic E-state index is 4.29. The fourth-order valence-electron chi connectivity index (χ4n) is 6.03. The third-order valence-electron chi connectivity index (χ3n) is 8.17. The Morgan fingerprint density at radius 3 is 1.40 bits per heavy atom. The van der Waals surface area contributed by atoms with E-state index in [1.54, 1.807) is 0 Å². The number of rotatable bonds is 5. The van der Waals surface area contributed by atoms with Crippen LogP contribution in [0.3, 0.4) is 0 Å². The number of pyridine rings is 1. The van der Waals surface area contributed by atoms with Crippen LogP contribution in [0.5, 0.6) is 0 Å². The zero-order valence-electron chi connectivity index (χ0n) is 23.4. The monoisotopic (exact) mass is 565 g/mol. The third-order valence-corrected chi connectivity index (χ3v) is 9.46. The van der Waals surface area contributed by atoms with Crippen molar-refractivity contribution in [3.63, 3.8) is 0 Å². The highest BCUT2D eigenvalue weighted by Gasteiger charge is 2.15. The molecule has 2 heterocycles. The maximum atomic E-state index is 4.29. The Labute approximate surface area is 255 Å². The minimum Gasteiger partial charge on any atom is -0.264 e. The van der Waals surface area contributed by atoms with E-state index in [-0.39, 0.29) is 0 Å². The molecule has 2 aromatic heterocycles. The summed E-state index contributed by atoms with van der Waals surface area (Å²) >= 11 is 1.90. The molecule has 0 N–H and O–H groups in total. The quantitative estimate of drug-likeness (QED) is 0.202. The highest BCUT2D eigenvalue weighted by Crippen LogP contribution is 2.45. The minimum absolute atomic E-state index is 1.13. The molecule has 0 unspecified atom stereocenters. The summed E-state index contributed by atoms with van der Waals surface area (Å²) in [5, 5.41) is 2.61. The number of fused-ring (bicyclic) bond motifs is 3. The van der Waals surface area contributed by atoms with Gasteiger partial charge in [0.05, 0.1) is 0 Å². The fourth-order valence-corrected chi connectivity index (χ4v) is 7.40. The lowest BCUT2D eigenvalue weighted by atomic mass is 9.93. The van der Waals surface area contributed by atoms with Gasteiger partial charge in [-0.2, -0.15) is 0 Å². The molecule has 8 rings (SSSR count). The fraction of sp³-hybridized carbons (Fsp3) is 0. The van der Waals surface area contributed by atoms with Crippen LogP contribution in [0.25, 0.3) is 75.8 Å². The second kappa shape index (κ2) is 10.8. The average molecular weight is 566 g/mol. The second-order valence-corrected chi connectivity index (χ2v) is 11.8. The van der Waals surface area contributed by atoms with Crippen LogP contribution in [0.15, 0.2) is 164 Å². The topological polar surface area (TPSA) is 12.9 Å². The highest BCUT2D eigenvalue weighted by molar-refractivity contribution is 7.26. The molecule has 0 saturated heterocycles. The molecule has 0 saturated carbocycles. The van der Waals surface area contributed by atoms with Crippen molar-refractivity contribution < 1.29 is 0 Å². The summed E-state index contributed by atoms with van der Waals surface area (Å²) in [5.41, 5.74) is 12.2. The SMILES string of the molecule is c1ccc(-c2cc(-c3ccccc3)cc(-c3cccc4c3sc3c(-c5ccc(-c6cccnc6)cc5)cccc34)c2)cc1. The molecule has 8 aromatic rings. The lowest BCUT2D eigenvalue weighted by molar-refractivity contribution is 1.33. The molecule has 6 aromatic carbocycles. The summed E-state index contributed by atoms with van der Waals surface area (Å²) in [6.07, 6.45) is 3.73. The predicted octanol–water partition coefficient (Wildman–Crippen LogP) is 11.8. The summed E-state index contributed by atoms with van der Waals surface area (Å²) in [7, 11) is 0. The van der Waals surface area contributed by atoms with Gasteiger partial charge in [-0.3, -0.25) is 4.98 Å². The van der Waals surface area contributed by atoms with Gasteiger partial charge in [0.1, 0.15) is 0 Å². The minimum atomic E-state index is 1.13. The normalized spacial score (nSPS) is 11.3. The van der Waals surface area contributed by atoms with Gasteiger partial charge in [-0.15, -0.1) is 11.3 Å². The summed E-state index contributed by atoms with van der Waals surface area (Å²) < 4.78 is 2.64. The third kappa shape index (κ3) is 4.72. The summed E-state index contributed by atoms with van der Waals surface area (Å²) in [4.78, 5) is 4.29. The van der Waals surface area contributed by atoms with E-state index in [9.17, 15) is 0 Å². The zero-order chi connectivity index (χ0) is 28.6. The molecular formula is C41H27NS. The molecule has 202 valence electrons. The molecule has 0 atom stereocenters. The van der Waals surface area contributed by atoms with Gasteiger partial charge in [-0.25, -0.2) is 0 Å². The van der Waals surface area contributed by atoms with Gasteiger partial charge >= 0.3 is 0 Å². The summed E-state index contributed by atoms with van der Waals surface area (Å²) in [5.74, 6) is 0. The van der Waals surface area contributed by atoms with Crippen molar-refractivity contribution in [2.45, 2.75) is 0 Å². The van der Waals surface area contributed by atoms with Crippen molar-refractivity contribution in [3.05, 3.63) is 164 Å². The van der Waals surface area contributed by atoms with Crippen LogP contribution >= 0.6 is 11.3 Å². The van der Waals surface area contributed by atoms with Crippen LogP contribution in [-0.4, -0.2) is 4.98 Å². The molecule has 1 nitrogen and oxygen atoms in total. The van der Waals surface area contributed by atoms with Gasteiger partial charge in [0, 0.05) is 32.6 Å². The maximum Gasteiger partial charge on any atom is 0.0434 e. The van der Waals surface area contributed by atoms with Gasteiger partial charge in [-0.05, 0) is 79.9 Å². The lowest BCUT2D eigenvalue weighted by Crippen LogP contribution is -1.86. The molecule has 0 spiro atoms. The Kier molecular flexibility index (Phi) is 6.40. The molecular weight excluding hydrogens is 539 g/mol. The van der Waals surface area contributed by atoms with E-state index in [1.807, 2.05) is 29.8 Å². The number of hydrogen-bond donors (Lipinski definition) is 0. The first-order chi connectivity index (χ1) is 21.3. The van der Waals surface area contributed by atoms with E-state index in [0.29, 0.717) is 0 Å². The number of nitrogens with zero attached hydrogens (tertiary/aromatic N) is 1. The van der Waals surface area contributed by atoms with Crippen molar-refractivity contribution in [2.75, 3.05) is 0 Å². The Hall–Kier alpha value is -5.31. The smallest absolute Gasteiger partial charge is 0.0434 e. The molecule has 0 fully saturated rings. The molecule has 0 amide bonds. The van der Waals surface area contributed by atoms with Gasteiger partial charge in [-0.1, -0.05) is 127 Å². The molecule has 2 heteroatoms. The van der Waals surface area contributed by atoms with Crippen LogP contribution < -0.4 is 0 Å². The zero-order valence-corrected chi connectivity index (χ0v) is 24.3. The van der Waals surface area contributed by atoms with Crippen LogP contribution in [0.1, 0.15) is 0 Å². The van der Waals surface area contributed by atoms with E-state index in [1.165, 1.54) is 70.2 Å². The van der Waals surface area contributed by atoms with Crippen molar-refractivity contribution in [1.29, 1.82) is 0 Å². The molecule has 0 aliphatic rings. The average Bonchev–Trinajstić information content (AvgIpc) is 3.49. The van der Waals surface area contributed by atoms with E-state index in [0.717, 1.165) is 5.56 Å². The lowest BCUT2D eigenvalue weighted by Gasteiger charge is -2.12. The van der Waals surface area contributed by atoms with Crippen molar-refractivity contribution >= 4 is 31.5 Å². The first-order valence-electron chi connectivity index (χ1n) is 14.5. The van der Waals surface area contributed by atoms with Crippen LogP contribution in [0.2, 0.25) is 0 Å². The summed E-state index contributed by atoms with van der Waals surface area (Å²) in [6.45, 7) is 0. The molecule has 43 heavy (non-hydrogen) atoms. The Bertz CT molecular complexity index is 2140. The molecule has 0 aliphatic carbocycles. The van der Waals surface area contributed by atoms with Gasteiger partial charge < -0.3 is 0 Å². The van der Waals surface area contributed by atoms with Gasteiger partial charge in [0.2, 0.25) is 0 Å². The predicted molar refractivity (Wildman–Crippen MR) is 184 cm³/mol. The largest absolute Gasteiger partial charge is 0.264 e. The molecule has 0 radical (unpaired) electrons. The van der Waals surface area contributed by atoms with Crippen LogP contribution in [0, 0.1) is 0 Å². The standard InChI is InChI=1S/C41H27NS/c1-3-10-28(11-4-1)33-24-34(29-12-5-2-6-13-29)26-35(25-33)37-16-8-18-39-38-17-7-15-36(40(38)43-41(37)39)31-21-19-30(20-22-31)32-14-9-23-42-27-32/h1-27H. The van der Waals surface area contributed by atoms with E-state index in [2.05, 4.69) is 151 Å². The van der Waals surface area contributed by atoms with Crippen LogP contribution in [-0.2, 0) is 0 Å². The van der Waals surface area contributed by atoms with Crippen molar-refractivity contribution in [3.8, 4) is 55.6 Å². The van der Waals surface area contributed by atoms with Gasteiger partial charge in [0.15, 0.2) is 0 Å². The number of aromatic nitrogens is 1. The first-order valence-corrected chi connectivity index (χ1v) is 15.3. The number of benzene rings is 6. The number of thiophene rings is 1. The number of hydrogen-bond acceptors (Lipinski definition) is 2. The Morgan fingerprint density at radius 2 is 0.837 bits per heavy atom.